The summed E-state index contributed by atoms with van der Waals surface area (Å²) in [7, 11) is 0. The van der Waals surface area contributed by atoms with E-state index in [1.54, 1.807) is 12.1 Å². The van der Waals surface area contributed by atoms with Crippen molar-refractivity contribution in [2.24, 2.45) is 0 Å². The third-order valence-corrected chi connectivity index (χ3v) is 3.82. The summed E-state index contributed by atoms with van der Waals surface area (Å²) in [4.78, 5) is 11.0. The minimum Gasteiger partial charge on any atom is -0.356 e. The second-order valence-electron chi connectivity index (χ2n) is 5.32. The molecule has 0 aliphatic heterocycles. The monoisotopic (exact) mass is 367 g/mol. The normalized spacial score (nSPS) is 11.1. The van der Waals surface area contributed by atoms with Crippen LogP contribution in [0.2, 0.25) is 10.0 Å². The number of pyridine rings is 1. The molecule has 1 aromatic carbocycles. The van der Waals surface area contributed by atoms with Crippen LogP contribution in [0.4, 0.5) is 10.3 Å². The molecule has 2 aromatic heterocycles. The van der Waals surface area contributed by atoms with Crippen LogP contribution in [0.5, 0.6) is 0 Å². The molecule has 0 radical (unpaired) electrons. The molecule has 0 fully saturated rings. The molecule has 3 rings (SSSR count). The highest BCUT2D eigenvalue weighted by atomic mass is 35.5. The SMILES string of the molecule is Fc1ccc2nc(NCCCNCc3cc(Cl)cc(Cl)c3)[nH]c2n1. The van der Waals surface area contributed by atoms with Gasteiger partial charge in [0.05, 0.1) is 0 Å². The second kappa shape index (κ2) is 7.79. The highest BCUT2D eigenvalue weighted by molar-refractivity contribution is 6.34. The first-order chi connectivity index (χ1) is 11.6. The van der Waals surface area contributed by atoms with E-state index < -0.39 is 5.95 Å². The molecule has 3 N–H and O–H groups in total. The van der Waals surface area contributed by atoms with Gasteiger partial charge in [-0.2, -0.15) is 9.37 Å². The van der Waals surface area contributed by atoms with Crippen LogP contribution >= 0.6 is 23.2 Å². The molecule has 0 bridgehead atoms. The Balaban J connectivity index is 1.40. The summed E-state index contributed by atoms with van der Waals surface area (Å²) < 4.78 is 13.0. The Labute approximate surface area is 148 Å². The molecule has 0 aliphatic rings. The Kier molecular flexibility index (Phi) is 5.50. The summed E-state index contributed by atoms with van der Waals surface area (Å²) in [6.07, 6.45) is 0.896. The summed E-state index contributed by atoms with van der Waals surface area (Å²) in [5, 5.41) is 7.76. The fraction of sp³-hybridized carbons (Fsp3) is 0.250. The standard InChI is InChI=1S/C16H16Cl2FN5/c17-11-6-10(7-12(18)8-11)9-20-4-1-5-21-16-22-13-2-3-14(19)23-15(13)24-16/h2-3,6-8,20H,1,4-5,9H2,(H2,21,22,23,24). The highest BCUT2D eigenvalue weighted by Crippen LogP contribution is 2.18. The number of imidazole rings is 1. The Hall–Kier alpha value is -1.89. The van der Waals surface area contributed by atoms with Gasteiger partial charge >= 0.3 is 0 Å². The van der Waals surface area contributed by atoms with E-state index in [9.17, 15) is 4.39 Å². The maximum absolute atomic E-state index is 13.0. The van der Waals surface area contributed by atoms with Crippen LogP contribution in [0, 0.1) is 5.95 Å². The van der Waals surface area contributed by atoms with E-state index in [1.807, 2.05) is 12.1 Å². The van der Waals surface area contributed by atoms with E-state index in [4.69, 9.17) is 23.2 Å². The Morgan fingerprint density at radius 1 is 1.04 bits per heavy atom. The summed E-state index contributed by atoms with van der Waals surface area (Å²) in [5.74, 6) is 0.0627. The fourth-order valence-electron chi connectivity index (χ4n) is 2.32. The number of hydrogen-bond donors (Lipinski definition) is 3. The smallest absolute Gasteiger partial charge is 0.214 e. The molecular formula is C16H16Cl2FN5. The summed E-state index contributed by atoms with van der Waals surface area (Å²) >= 11 is 11.9. The Morgan fingerprint density at radius 2 is 1.83 bits per heavy atom. The highest BCUT2D eigenvalue weighted by Gasteiger charge is 2.04. The number of H-pyrrole nitrogens is 1. The molecule has 126 valence electrons. The lowest BCUT2D eigenvalue weighted by molar-refractivity contribution is 0.588. The molecule has 5 nitrogen and oxygen atoms in total. The number of fused-ring (bicyclic) bond motifs is 1. The van der Waals surface area contributed by atoms with E-state index in [0.29, 0.717) is 33.7 Å². The van der Waals surface area contributed by atoms with Crippen molar-refractivity contribution in [2.75, 3.05) is 18.4 Å². The first kappa shape index (κ1) is 17.0. The number of nitrogens with zero attached hydrogens (tertiary/aromatic N) is 2. The zero-order valence-corrected chi connectivity index (χ0v) is 14.3. The number of benzene rings is 1. The zero-order valence-electron chi connectivity index (χ0n) is 12.7. The number of halogens is 3. The number of anilines is 1. The maximum Gasteiger partial charge on any atom is 0.214 e. The van der Waals surface area contributed by atoms with Crippen molar-refractivity contribution in [1.82, 2.24) is 20.3 Å². The van der Waals surface area contributed by atoms with Gasteiger partial charge in [0.2, 0.25) is 11.9 Å². The van der Waals surface area contributed by atoms with Crippen LogP contribution in [0.1, 0.15) is 12.0 Å². The van der Waals surface area contributed by atoms with Gasteiger partial charge in [-0.1, -0.05) is 23.2 Å². The van der Waals surface area contributed by atoms with Crippen LogP contribution < -0.4 is 10.6 Å². The molecule has 0 amide bonds. The van der Waals surface area contributed by atoms with Crippen molar-refractivity contribution >= 4 is 40.3 Å². The molecule has 24 heavy (non-hydrogen) atoms. The summed E-state index contributed by atoms with van der Waals surface area (Å²) in [6.45, 7) is 2.25. The lowest BCUT2D eigenvalue weighted by atomic mass is 10.2. The third kappa shape index (κ3) is 4.56. The van der Waals surface area contributed by atoms with Crippen molar-refractivity contribution in [1.29, 1.82) is 0 Å². The Morgan fingerprint density at radius 3 is 2.62 bits per heavy atom. The third-order valence-electron chi connectivity index (χ3n) is 3.38. The molecule has 0 atom stereocenters. The second-order valence-corrected chi connectivity index (χ2v) is 6.19. The van der Waals surface area contributed by atoms with Crippen molar-refractivity contribution in [3.8, 4) is 0 Å². The fourth-order valence-corrected chi connectivity index (χ4v) is 2.89. The van der Waals surface area contributed by atoms with Gasteiger partial charge in [0, 0.05) is 23.1 Å². The molecular weight excluding hydrogens is 352 g/mol. The molecule has 0 saturated carbocycles. The Bertz CT molecular complexity index is 816. The van der Waals surface area contributed by atoms with Gasteiger partial charge in [0.1, 0.15) is 5.52 Å². The van der Waals surface area contributed by atoms with E-state index in [0.717, 1.165) is 25.1 Å². The number of rotatable bonds is 7. The average Bonchev–Trinajstić information content (AvgIpc) is 2.91. The van der Waals surface area contributed by atoms with Crippen LogP contribution in [0.25, 0.3) is 11.2 Å². The number of nitrogens with one attached hydrogen (secondary N) is 3. The molecule has 2 heterocycles. The predicted molar refractivity (Wildman–Crippen MR) is 95.1 cm³/mol. The van der Waals surface area contributed by atoms with E-state index in [1.165, 1.54) is 6.07 Å². The number of aromatic amines is 1. The molecule has 0 spiro atoms. The van der Waals surface area contributed by atoms with Crippen LogP contribution in [0.3, 0.4) is 0 Å². The van der Waals surface area contributed by atoms with E-state index in [-0.39, 0.29) is 0 Å². The van der Waals surface area contributed by atoms with Gasteiger partial charge in [-0.05, 0) is 48.9 Å². The minimum atomic E-state index is -0.525. The first-order valence-electron chi connectivity index (χ1n) is 7.52. The molecule has 3 aromatic rings. The molecule has 0 unspecified atom stereocenters. The molecule has 0 saturated heterocycles. The van der Waals surface area contributed by atoms with E-state index in [2.05, 4.69) is 25.6 Å². The van der Waals surface area contributed by atoms with Crippen molar-refractivity contribution in [3.63, 3.8) is 0 Å². The number of hydrogen-bond acceptors (Lipinski definition) is 4. The van der Waals surface area contributed by atoms with Gasteiger partial charge in [-0.25, -0.2) is 4.98 Å². The maximum atomic E-state index is 13.0. The first-order valence-corrected chi connectivity index (χ1v) is 8.27. The lowest BCUT2D eigenvalue weighted by Gasteiger charge is -2.06. The van der Waals surface area contributed by atoms with Crippen molar-refractivity contribution in [3.05, 3.63) is 51.9 Å². The molecule has 0 aliphatic carbocycles. The van der Waals surface area contributed by atoms with Gasteiger partial charge in [0.25, 0.3) is 0 Å². The van der Waals surface area contributed by atoms with Gasteiger partial charge < -0.3 is 15.6 Å². The van der Waals surface area contributed by atoms with Crippen molar-refractivity contribution in [2.45, 2.75) is 13.0 Å². The largest absolute Gasteiger partial charge is 0.356 e. The quantitative estimate of drug-likeness (QED) is 0.436. The minimum absolute atomic E-state index is 0.438. The van der Waals surface area contributed by atoms with Crippen LogP contribution in [0.15, 0.2) is 30.3 Å². The van der Waals surface area contributed by atoms with Crippen LogP contribution in [-0.4, -0.2) is 28.0 Å². The zero-order chi connectivity index (χ0) is 16.9. The van der Waals surface area contributed by atoms with Crippen molar-refractivity contribution < 1.29 is 4.39 Å². The predicted octanol–water partition coefficient (Wildman–Crippen LogP) is 4.00. The average molecular weight is 368 g/mol. The summed E-state index contributed by atoms with van der Waals surface area (Å²) in [6, 6.07) is 8.37. The topological polar surface area (TPSA) is 65.6 Å². The summed E-state index contributed by atoms with van der Waals surface area (Å²) in [5.41, 5.74) is 2.12. The molecule has 8 heteroatoms. The lowest BCUT2D eigenvalue weighted by Crippen LogP contribution is -2.17. The van der Waals surface area contributed by atoms with Crippen LogP contribution in [-0.2, 0) is 6.54 Å². The van der Waals surface area contributed by atoms with E-state index >= 15 is 0 Å². The van der Waals surface area contributed by atoms with Gasteiger partial charge in [-0.3, -0.25) is 0 Å². The number of aromatic nitrogens is 3. The van der Waals surface area contributed by atoms with Gasteiger partial charge in [0.15, 0.2) is 5.65 Å². The van der Waals surface area contributed by atoms with Gasteiger partial charge in [-0.15, -0.1) is 0 Å².